The molecule has 2 rings (SSSR count). The lowest BCUT2D eigenvalue weighted by molar-refractivity contribution is -0.118. The first-order valence-corrected chi connectivity index (χ1v) is 6.48. The summed E-state index contributed by atoms with van der Waals surface area (Å²) in [7, 11) is 0. The van der Waals surface area contributed by atoms with Crippen molar-refractivity contribution >= 4 is 33.2 Å². The number of nitrogen functional groups attached to an aromatic ring is 1. The van der Waals surface area contributed by atoms with Gasteiger partial charge < -0.3 is 15.8 Å². The SMILES string of the molecule is Nc1ccccc1OCC(=O)Nc1ccccc1Br. The van der Waals surface area contributed by atoms with Gasteiger partial charge in [-0.1, -0.05) is 24.3 Å². The Labute approximate surface area is 119 Å². The fraction of sp³-hybridized carbons (Fsp3) is 0.0714. The molecular formula is C14H13BrN2O2. The van der Waals surface area contributed by atoms with Gasteiger partial charge in [0.25, 0.3) is 5.91 Å². The first-order valence-electron chi connectivity index (χ1n) is 5.68. The molecule has 0 atom stereocenters. The summed E-state index contributed by atoms with van der Waals surface area (Å²) in [5, 5.41) is 2.75. The maximum Gasteiger partial charge on any atom is 0.262 e. The summed E-state index contributed by atoms with van der Waals surface area (Å²) in [6, 6.07) is 14.4. The van der Waals surface area contributed by atoms with Gasteiger partial charge in [-0.05, 0) is 40.2 Å². The minimum Gasteiger partial charge on any atom is -0.482 e. The lowest BCUT2D eigenvalue weighted by atomic mass is 10.3. The van der Waals surface area contributed by atoms with Crippen LogP contribution in [0, 0.1) is 0 Å². The summed E-state index contributed by atoms with van der Waals surface area (Å²) in [5.74, 6) is 0.264. The van der Waals surface area contributed by atoms with Gasteiger partial charge in [0.2, 0.25) is 0 Å². The number of hydrogen-bond donors (Lipinski definition) is 2. The number of carbonyl (C=O) groups is 1. The topological polar surface area (TPSA) is 64.3 Å². The third-order valence-electron chi connectivity index (χ3n) is 2.43. The summed E-state index contributed by atoms with van der Waals surface area (Å²) in [6.45, 7) is -0.0878. The van der Waals surface area contributed by atoms with Crippen LogP contribution in [0.25, 0.3) is 0 Å². The number of amides is 1. The molecule has 0 bridgehead atoms. The first kappa shape index (κ1) is 13.4. The molecule has 98 valence electrons. The molecule has 0 saturated heterocycles. The van der Waals surface area contributed by atoms with Crippen LogP contribution in [-0.4, -0.2) is 12.5 Å². The van der Waals surface area contributed by atoms with Gasteiger partial charge in [0.05, 0.1) is 11.4 Å². The van der Waals surface area contributed by atoms with Crippen LogP contribution in [0.2, 0.25) is 0 Å². The highest BCUT2D eigenvalue weighted by Gasteiger charge is 2.07. The Balaban J connectivity index is 1.92. The Morgan fingerprint density at radius 1 is 1.16 bits per heavy atom. The predicted octanol–water partition coefficient (Wildman–Crippen LogP) is 3.05. The molecule has 0 aromatic heterocycles. The zero-order valence-electron chi connectivity index (χ0n) is 10.1. The molecule has 0 radical (unpaired) electrons. The van der Waals surface area contributed by atoms with Gasteiger partial charge in [-0.25, -0.2) is 0 Å². The smallest absolute Gasteiger partial charge is 0.262 e. The van der Waals surface area contributed by atoms with Crippen molar-refractivity contribution in [3.63, 3.8) is 0 Å². The van der Waals surface area contributed by atoms with Gasteiger partial charge in [-0.3, -0.25) is 4.79 Å². The number of benzene rings is 2. The third-order valence-corrected chi connectivity index (χ3v) is 3.12. The van der Waals surface area contributed by atoms with E-state index in [4.69, 9.17) is 10.5 Å². The number of ether oxygens (including phenoxy) is 1. The second-order valence-corrected chi connectivity index (χ2v) is 4.71. The van der Waals surface area contributed by atoms with Crippen LogP contribution in [0.5, 0.6) is 5.75 Å². The molecule has 19 heavy (non-hydrogen) atoms. The number of halogens is 1. The van der Waals surface area contributed by atoms with E-state index in [0.717, 1.165) is 4.47 Å². The number of nitrogens with one attached hydrogen (secondary N) is 1. The van der Waals surface area contributed by atoms with E-state index in [0.29, 0.717) is 17.1 Å². The van der Waals surface area contributed by atoms with E-state index in [1.165, 1.54) is 0 Å². The van der Waals surface area contributed by atoms with E-state index < -0.39 is 0 Å². The molecule has 0 aliphatic carbocycles. The molecule has 2 aromatic rings. The highest BCUT2D eigenvalue weighted by Crippen LogP contribution is 2.22. The maximum atomic E-state index is 11.8. The summed E-state index contributed by atoms with van der Waals surface area (Å²) in [4.78, 5) is 11.8. The van der Waals surface area contributed by atoms with E-state index in [2.05, 4.69) is 21.2 Å². The van der Waals surface area contributed by atoms with Crippen molar-refractivity contribution in [3.8, 4) is 5.75 Å². The van der Waals surface area contributed by atoms with Crippen LogP contribution < -0.4 is 15.8 Å². The van der Waals surface area contributed by atoms with Crippen LogP contribution >= 0.6 is 15.9 Å². The van der Waals surface area contributed by atoms with Gasteiger partial charge in [-0.15, -0.1) is 0 Å². The van der Waals surface area contributed by atoms with Crippen molar-refractivity contribution in [2.45, 2.75) is 0 Å². The van der Waals surface area contributed by atoms with Crippen molar-refractivity contribution < 1.29 is 9.53 Å². The first-order chi connectivity index (χ1) is 9.16. The van der Waals surface area contributed by atoms with Crippen molar-refractivity contribution in [1.82, 2.24) is 0 Å². The fourth-order valence-corrected chi connectivity index (χ4v) is 1.89. The number of hydrogen-bond acceptors (Lipinski definition) is 3. The zero-order chi connectivity index (χ0) is 13.7. The summed E-state index contributed by atoms with van der Waals surface area (Å²) in [6.07, 6.45) is 0. The van der Waals surface area contributed by atoms with Gasteiger partial charge in [0, 0.05) is 4.47 Å². The normalized spacial score (nSPS) is 9.95. The van der Waals surface area contributed by atoms with Crippen molar-refractivity contribution in [2.75, 3.05) is 17.7 Å². The Bertz CT molecular complexity index is 587. The van der Waals surface area contributed by atoms with Gasteiger partial charge in [0.15, 0.2) is 6.61 Å². The average molecular weight is 321 g/mol. The number of para-hydroxylation sites is 3. The number of anilines is 2. The Morgan fingerprint density at radius 2 is 1.84 bits per heavy atom. The van der Waals surface area contributed by atoms with Crippen LogP contribution in [-0.2, 0) is 4.79 Å². The van der Waals surface area contributed by atoms with Crippen molar-refractivity contribution in [2.24, 2.45) is 0 Å². The van der Waals surface area contributed by atoms with Crippen LogP contribution in [0.1, 0.15) is 0 Å². The minimum atomic E-state index is -0.241. The second kappa shape index (κ2) is 6.24. The van der Waals surface area contributed by atoms with Gasteiger partial charge in [-0.2, -0.15) is 0 Å². The van der Waals surface area contributed by atoms with E-state index >= 15 is 0 Å². The lowest BCUT2D eigenvalue weighted by Gasteiger charge is -2.10. The summed E-state index contributed by atoms with van der Waals surface area (Å²) < 4.78 is 6.18. The quantitative estimate of drug-likeness (QED) is 0.851. The minimum absolute atomic E-state index is 0.0878. The number of carbonyl (C=O) groups excluding carboxylic acids is 1. The number of rotatable bonds is 4. The standard InChI is InChI=1S/C14H13BrN2O2/c15-10-5-1-3-7-12(10)17-14(18)9-19-13-8-4-2-6-11(13)16/h1-8H,9,16H2,(H,17,18). The monoisotopic (exact) mass is 320 g/mol. The molecule has 0 fully saturated rings. The maximum absolute atomic E-state index is 11.8. The Morgan fingerprint density at radius 3 is 2.58 bits per heavy atom. The molecular weight excluding hydrogens is 308 g/mol. The molecule has 0 aliphatic rings. The second-order valence-electron chi connectivity index (χ2n) is 3.85. The fourth-order valence-electron chi connectivity index (χ4n) is 1.50. The van der Waals surface area contributed by atoms with Crippen LogP contribution in [0.3, 0.4) is 0 Å². The molecule has 0 saturated carbocycles. The molecule has 0 heterocycles. The molecule has 2 aromatic carbocycles. The highest BCUT2D eigenvalue weighted by atomic mass is 79.9. The third kappa shape index (κ3) is 3.72. The lowest BCUT2D eigenvalue weighted by Crippen LogP contribution is -2.20. The molecule has 0 spiro atoms. The average Bonchev–Trinajstić information content (AvgIpc) is 2.40. The van der Waals surface area contributed by atoms with Gasteiger partial charge >= 0.3 is 0 Å². The van der Waals surface area contributed by atoms with Crippen molar-refractivity contribution in [3.05, 3.63) is 53.0 Å². The van der Waals surface area contributed by atoms with Crippen molar-refractivity contribution in [1.29, 1.82) is 0 Å². The predicted molar refractivity (Wildman–Crippen MR) is 79.1 cm³/mol. The molecule has 1 amide bonds. The van der Waals surface area contributed by atoms with Gasteiger partial charge in [0.1, 0.15) is 5.75 Å². The highest BCUT2D eigenvalue weighted by molar-refractivity contribution is 9.10. The molecule has 5 heteroatoms. The van der Waals surface area contributed by atoms with E-state index in [9.17, 15) is 4.79 Å². The van der Waals surface area contributed by atoms with Crippen LogP contribution in [0.4, 0.5) is 11.4 Å². The Hall–Kier alpha value is -2.01. The summed E-state index contributed by atoms with van der Waals surface area (Å²) in [5.41, 5.74) is 6.94. The van der Waals surface area contributed by atoms with E-state index in [1.54, 1.807) is 24.3 Å². The van der Waals surface area contributed by atoms with Crippen LogP contribution in [0.15, 0.2) is 53.0 Å². The largest absolute Gasteiger partial charge is 0.482 e. The molecule has 0 aliphatic heterocycles. The Kier molecular flexibility index (Phi) is 4.41. The summed E-state index contributed by atoms with van der Waals surface area (Å²) >= 11 is 3.36. The zero-order valence-corrected chi connectivity index (χ0v) is 11.7. The van der Waals surface area contributed by atoms with E-state index in [-0.39, 0.29) is 12.5 Å². The molecule has 3 N–H and O–H groups in total. The number of nitrogens with two attached hydrogens (primary N) is 1. The molecule has 4 nitrogen and oxygen atoms in total. The van der Waals surface area contributed by atoms with E-state index in [1.807, 2.05) is 24.3 Å². The molecule has 0 unspecified atom stereocenters.